The molecular weight excluding hydrogens is 196 g/mol. The van der Waals surface area contributed by atoms with E-state index in [4.69, 9.17) is 14.6 Å². The van der Waals surface area contributed by atoms with Gasteiger partial charge in [-0.25, -0.2) is 4.79 Å². The maximum Gasteiger partial charge on any atom is 0.339 e. The Labute approximate surface area is 88.4 Å². The molecule has 0 saturated carbocycles. The van der Waals surface area contributed by atoms with Crippen LogP contribution in [0.5, 0.6) is 5.75 Å². The Morgan fingerprint density at radius 1 is 1.40 bits per heavy atom. The Morgan fingerprint density at radius 2 is 2.13 bits per heavy atom. The number of aromatic carboxylic acids is 1. The van der Waals surface area contributed by atoms with Crippen molar-refractivity contribution < 1.29 is 19.4 Å². The zero-order valence-corrected chi connectivity index (χ0v) is 8.60. The van der Waals surface area contributed by atoms with Gasteiger partial charge in [0.15, 0.2) is 6.79 Å². The first-order valence-electron chi connectivity index (χ1n) is 4.78. The van der Waals surface area contributed by atoms with E-state index in [9.17, 15) is 4.79 Å². The third kappa shape index (κ3) is 3.59. The SMILES string of the molecule is CCCOCOc1ccccc1C(=O)O. The maximum atomic E-state index is 10.8. The Balaban J connectivity index is 2.56. The summed E-state index contributed by atoms with van der Waals surface area (Å²) in [5.74, 6) is -0.665. The Hall–Kier alpha value is -1.55. The quantitative estimate of drug-likeness (QED) is 0.577. The van der Waals surface area contributed by atoms with Gasteiger partial charge in [-0.05, 0) is 18.6 Å². The number of rotatable bonds is 6. The van der Waals surface area contributed by atoms with Gasteiger partial charge in [0.1, 0.15) is 11.3 Å². The van der Waals surface area contributed by atoms with Crippen LogP contribution in [0, 0.1) is 0 Å². The Bertz CT molecular complexity index is 322. The number of carbonyl (C=O) groups is 1. The van der Waals surface area contributed by atoms with Gasteiger partial charge in [-0.3, -0.25) is 0 Å². The highest BCUT2D eigenvalue weighted by Crippen LogP contribution is 2.17. The predicted molar refractivity (Wildman–Crippen MR) is 55.1 cm³/mol. The van der Waals surface area contributed by atoms with Crippen molar-refractivity contribution in [3.05, 3.63) is 29.8 Å². The zero-order chi connectivity index (χ0) is 11.1. The molecule has 4 heteroatoms. The topological polar surface area (TPSA) is 55.8 Å². The maximum absolute atomic E-state index is 10.8. The summed E-state index contributed by atoms with van der Waals surface area (Å²) in [5, 5.41) is 8.85. The predicted octanol–water partition coefficient (Wildman–Crippen LogP) is 2.15. The second-order valence-electron chi connectivity index (χ2n) is 2.97. The average molecular weight is 210 g/mol. The monoisotopic (exact) mass is 210 g/mol. The van der Waals surface area contributed by atoms with E-state index >= 15 is 0 Å². The van der Waals surface area contributed by atoms with Gasteiger partial charge in [0.25, 0.3) is 0 Å². The molecule has 0 aliphatic carbocycles. The van der Waals surface area contributed by atoms with Crippen LogP contribution in [0.3, 0.4) is 0 Å². The Morgan fingerprint density at radius 3 is 2.80 bits per heavy atom. The van der Waals surface area contributed by atoms with Crippen molar-refractivity contribution in [2.24, 2.45) is 0 Å². The molecule has 1 aromatic rings. The van der Waals surface area contributed by atoms with Crippen LogP contribution in [0.1, 0.15) is 23.7 Å². The molecule has 0 spiro atoms. The van der Waals surface area contributed by atoms with Gasteiger partial charge in [0.2, 0.25) is 0 Å². The molecular formula is C11H14O4. The van der Waals surface area contributed by atoms with Gasteiger partial charge in [-0.15, -0.1) is 0 Å². The van der Waals surface area contributed by atoms with E-state index in [2.05, 4.69) is 0 Å². The molecule has 0 amide bonds. The van der Waals surface area contributed by atoms with E-state index in [1.807, 2.05) is 6.92 Å². The van der Waals surface area contributed by atoms with E-state index in [0.29, 0.717) is 12.4 Å². The van der Waals surface area contributed by atoms with Crippen molar-refractivity contribution in [3.63, 3.8) is 0 Å². The van der Waals surface area contributed by atoms with Crippen LogP contribution in [-0.4, -0.2) is 24.5 Å². The van der Waals surface area contributed by atoms with Crippen molar-refractivity contribution in [2.75, 3.05) is 13.4 Å². The fourth-order valence-corrected chi connectivity index (χ4v) is 1.08. The molecule has 1 aromatic carbocycles. The van der Waals surface area contributed by atoms with Gasteiger partial charge in [-0.1, -0.05) is 19.1 Å². The van der Waals surface area contributed by atoms with Crippen molar-refractivity contribution in [1.82, 2.24) is 0 Å². The van der Waals surface area contributed by atoms with Crippen LogP contribution >= 0.6 is 0 Å². The highest BCUT2D eigenvalue weighted by atomic mass is 16.7. The fraction of sp³-hybridized carbons (Fsp3) is 0.364. The molecule has 1 N–H and O–H groups in total. The van der Waals surface area contributed by atoms with Gasteiger partial charge >= 0.3 is 5.97 Å². The van der Waals surface area contributed by atoms with Gasteiger partial charge in [0, 0.05) is 0 Å². The van der Waals surface area contributed by atoms with E-state index in [1.165, 1.54) is 6.07 Å². The molecule has 0 aliphatic heterocycles. The summed E-state index contributed by atoms with van der Waals surface area (Å²) < 4.78 is 10.3. The van der Waals surface area contributed by atoms with Gasteiger partial charge in [-0.2, -0.15) is 0 Å². The summed E-state index contributed by atoms with van der Waals surface area (Å²) in [6.45, 7) is 2.68. The summed E-state index contributed by atoms with van der Waals surface area (Å²) in [4.78, 5) is 10.8. The lowest BCUT2D eigenvalue weighted by atomic mass is 10.2. The first kappa shape index (κ1) is 11.5. The summed E-state index contributed by atoms with van der Waals surface area (Å²) in [6, 6.07) is 6.49. The number of ether oxygens (including phenoxy) is 2. The van der Waals surface area contributed by atoms with Crippen LogP contribution < -0.4 is 4.74 Å². The average Bonchev–Trinajstić information content (AvgIpc) is 2.25. The van der Waals surface area contributed by atoms with Crippen LogP contribution in [0.2, 0.25) is 0 Å². The minimum Gasteiger partial charge on any atom is -0.478 e. The largest absolute Gasteiger partial charge is 0.478 e. The van der Waals surface area contributed by atoms with E-state index in [0.717, 1.165) is 6.42 Å². The number of carboxylic acid groups (broad SMARTS) is 1. The third-order valence-corrected chi connectivity index (χ3v) is 1.76. The first-order valence-corrected chi connectivity index (χ1v) is 4.78. The van der Waals surface area contributed by atoms with Crippen LogP contribution in [0.4, 0.5) is 0 Å². The standard InChI is InChI=1S/C11H14O4/c1-2-7-14-8-15-10-6-4-3-5-9(10)11(12)13/h3-6H,2,7-8H2,1H3,(H,12,13). The molecule has 0 heterocycles. The number of hydrogen-bond donors (Lipinski definition) is 1. The van der Waals surface area contributed by atoms with Crippen molar-refractivity contribution in [2.45, 2.75) is 13.3 Å². The van der Waals surface area contributed by atoms with Crippen molar-refractivity contribution in [3.8, 4) is 5.75 Å². The lowest BCUT2D eigenvalue weighted by Crippen LogP contribution is -2.07. The molecule has 0 fully saturated rings. The van der Waals surface area contributed by atoms with Crippen LogP contribution in [-0.2, 0) is 4.74 Å². The number of para-hydroxylation sites is 1. The highest BCUT2D eigenvalue weighted by molar-refractivity contribution is 5.90. The highest BCUT2D eigenvalue weighted by Gasteiger charge is 2.09. The molecule has 4 nitrogen and oxygen atoms in total. The summed E-state index contributed by atoms with van der Waals surface area (Å²) >= 11 is 0. The lowest BCUT2D eigenvalue weighted by Gasteiger charge is -2.08. The van der Waals surface area contributed by atoms with E-state index in [1.54, 1.807) is 18.2 Å². The van der Waals surface area contributed by atoms with Crippen molar-refractivity contribution in [1.29, 1.82) is 0 Å². The molecule has 0 unspecified atom stereocenters. The second-order valence-corrected chi connectivity index (χ2v) is 2.97. The first-order chi connectivity index (χ1) is 7.25. The molecule has 15 heavy (non-hydrogen) atoms. The van der Waals surface area contributed by atoms with Crippen LogP contribution in [0.15, 0.2) is 24.3 Å². The number of hydrogen-bond acceptors (Lipinski definition) is 3. The fourth-order valence-electron chi connectivity index (χ4n) is 1.08. The zero-order valence-electron chi connectivity index (χ0n) is 8.60. The van der Waals surface area contributed by atoms with Gasteiger partial charge < -0.3 is 14.6 Å². The molecule has 0 bridgehead atoms. The summed E-state index contributed by atoms with van der Waals surface area (Å²) in [7, 11) is 0. The number of carboxylic acids is 1. The Kier molecular flexibility index (Phi) is 4.63. The molecule has 0 saturated heterocycles. The minimum atomic E-state index is -0.999. The van der Waals surface area contributed by atoms with Gasteiger partial charge in [0.05, 0.1) is 6.61 Å². The minimum absolute atomic E-state index is 0.0815. The normalized spacial score (nSPS) is 9.93. The molecule has 0 radical (unpaired) electrons. The summed E-state index contributed by atoms with van der Waals surface area (Å²) in [5.41, 5.74) is 0.151. The number of benzene rings is 1. The second kappa shape index (κ2) is 6.03. The third-order valence-electron chi connectivity index (χ3n) is 1.76. The van der Waals surface area contributed by atoms with Crippen LogP contribution in [0.25, 0.3) is 0 Å². The van der Waals surface area contributed by atoms with E-state index in [-0.39, 0.29) is 12.4 Å². The van der Waals surface area contributed by atoms with Crippen molar-refractivity contribution >= 4 is 5.97 Å². The molecule has 1 rings (SSSR count). The molecule has 0 aromatic heterocycles. The lowest BCUT2D eigenvalue weighted by molar-refractivity contribution is 0.0148. The molecule has 0 aliphatic rings. The van der Waals surface area contributed by atoms with E-state index < -0.39 is 5.97 Å². The molecule has 0 atom stereocenters. The smallest absolute Gasteiger partial charge is 0.339 e. The molecule has 82 valence electrons. The summed E-state index contributed by atoms with van der Waals surface area (Å²) in [6.07, 6.45) is 0.907.